The highest BCUT2D eigenvalue weighted by atomic mass is 35.5. The van der Waals surface area contributed by atoms with E-state index in [0.29, 0.717) is 39.8 Å². The summed E-state index contributed by atoms with van der Waals surface area (Å²) in [5.74, 6) is -0.460. The molecular weight excluding hydrogens is 589 g/mol. The molecule has 3 amide bonds. The highest BCUT2D eigenvalue weighted by molar-refractivity contribution is 6.38. The summed E-state index contributed by atoms with van der Waals surface area (Å²) < 4.78 is 6.07. The van der Waals surface area contributed by atoms with Gasteiger partial charge >= 0.3 is 0 Å². The molecule has 43 heavy (non-hydrogen) atoms. The summed E-state index contributed by atoms with van der Waals surface area (Å²) in [5.41, 5.74) is 3.47. The maximum absolute atomic E-state index is 12.9. The maximum Gasteiger partial charge on any atom is 0.272 e. The van der Waals surface area contributed by atoms with Crippen molar-refractivity contribution in [3.8, 4) is 5.75 Å². The SMILES string of the molecule is CCN(C)C(=O)c1ccc(C=CC(=O)NCC(=O)N(C)c2ccc(Cl)c(COc3cccc4ccc(C)nc34)c2Cl)cn1. The third kappa shape index (κ3) is 7.68. The van der Waals surface area contributed by atoms with Crippen LogP contribution in [-0.4, -0.2) is 59.8 Å². The molecule has 4 aromatic rings. The fourth-order valence-corrected chi connectivity index (χ4v) is 4.68. The number of carbonyl (C=O) groups excluding carboxylic acids is 3. The van der Waals surface area contributed by atoms with E-state index in [1.807, 2.05) is 44.2 Å². The van der Waals surface area contributed by atoms with Crippen LogP contribution in [-0.2, 0) is 16.2 Å². The van der Waals surface area contributed by atoms with E-state index in [9.17, 15) is 14.4 Å². The van der Waals surface area contributed by atoms with Crippen LogP contribution < -0.4 is 15.0 Å². The Morgan fingerprint density at radius 3 is 2.53 bits per heavy atom. The lowest BCUT2D eigenvalue weighted by Crippen LogP contribution is -2.37. The monoisotopic (exact) mass is 619 g/mol. The third-order valence-electron chi connectivity index (χ3n) is 6.76. The highest BCUT2D eigenvalue weighted by Gasteiger charge is 2.19. The van der Waals surface area contributed by atoms with Crippen LogP contribution in [0.2, 0.25) is 10.0 Å². The molecule has 0 fully saturated rings. The van der Waals surface area contributed by atoms with Gasteiger partial charge in [0.05, 0.1) is 17.3 Å². The Morgan fingerprint density at radius 2 is 1.81 bits per heavy atom. The Morgan fingerprint density at radius 1 is 1.02 bits per heavy atom. The van der Waals surface area contributed by atoms with Gasteiger partial charge in [0.15, 0.2) is 0 Å². The summed E-state index contributed by atoms with van der Waals surface area (Å²) in [6.45, 7) is 4.15. The molecule has 0 bridgehead atoms. The van der Waals surface area contributed by atoms with Gasteiger partial charge in [-0.2, -0.15) is 0 Å². The van der Waals surface area contributed by atoms with Gasteiger partial charge in [0.1, 0.15) is 23.6 Å². The minimum atomic E-state index is -0.470. The number of benzene rings is 2. The second kappa shape index (κ2) is 14.1. The van der Waals surface area contributed by atoms with Gasteiger partial charge in [0, 0.05) is 54.6 Å². The van der Waals surface area contributed by atoms with Gasteiger partial charge in [-0.15, -0.1) is 0 Å². The van der Waals surface area contributed by atoms with Gasteiger partial charge in [-0.05, 0) is 55.8 Å². The number of ether oxygens (including phenoxy) is 1. The number of halogens is 2. The molecule has 2 aromatic heterocycles. The second-order valence-corrected chi connectivity index (χ2v) is 10.5. The smallest absolute Gasteiger partial charge is 0.272 e. The molecule has 9 nitrogen and oxygen atoms in total. The van der Waals surface area contributed by atoms with Gasteiger partial charge < -0.3 is 19.9 Å². The molecule has 4 rings (SSSR count). The van der Waals surface area contributed by atoms with Crippen molar-refractivity contribution < 1.29 is 19.1 Å². The van der Waals surface area contributed by atoms with Gasteiger partial charge in [0.2, 0.25) is 11.8 Å². The molecule has 0 aliphatic rings. The number of anilines is 1. The van der Waals surface area contributed by atoms with Gasteiger partial charge in [-0.3, -0.25) is 19.4 Å². The number of aryl methyl sites for hydroxylation is 1. The zero-order valence-corrected chi connectivity index (χ0v) is 25.7. The van der Waals surface area contributed by atoms with E-state index in [4.69, 9.17) is 27.9 Å². The number of hydrogen-bond acceptors (Lipinski definition) is 6. The van der Waals surface area contributed by atoms with Gasteiger partial charge in [-0.25, -0.2) is 4.98 Å². The molecule has 0 aliphatic heterocycles. The number of likely N-dealkylation sites (N-methyl/N-ethyl adjacent to an activating group) is 1. The number of nitrogens with zero attached hydrogens (tertiary/aromatic N) is 4. The predicted molar refractivity (Wildman–Crippen MR) is 170 cm³/mol. The minimum absolute atomic E-state index is 0.0586. The van der Waals surface area contributed by atoms with Crippen molar-refractivity contribution in [1.29, 1.82) is 0 Å². The Bertz CT molecular complexity index is 1690. The number of fused-ring (bicyclic) bond motifs is 1. The lowest BCUT2D eigenvalue weighted by atomic mass is 10.1. The van der Waals surface area contributed by atoms with Crippen LogP contribution in [0.5, 0.6) is 5.75 Å². The topological polar surface area (TPSA) is 105 Å². The molecule has 0 spiro atoms. The molecule has 0 atom stereocenters. The van der Waals surface area contributed by atoms with Crippen LogP contribution >= 0.6 is 23.2 Å². The zero-order valence-electron chi connectivity index (χ0n) is 24.2. The van der Waals surface area contributed by atoms with E-state index in [1.54, 1.807) is 49.3 Å². The van der Waals surface area contributed by atoms with Crippen molar-refractivity contribution >= 4 is 63.6 Å². The van der Waals surface area contributed by atoms with E-state index < -0.39 is 11.8 Å². The number of carbonyl (C=O) groups is 3. The summed E-state index contributed by atoms with van der Waals surface area (Å²) in [5, 5.41) is 4.17. The molecule has 222 valence electrons. The van der Waals surface area contributed by atoms with E-state index >= 15 is 0 Å². The van der Waals surface area contributed by atoms with Crippen LogP contribution in [0.25, 0.3) is 17.0 Å². The number of nitrogens with one attached hydrogen (secondary N) is 1. The molecule has 0 saturated carbocycles. The van der Waals surface area contributed by atoms with Crippen molar-refractivity contribution in [3.63, 3.8) is 0 Å². The van der Waals surface area contributed by atoms with E-state index in [-0.39, 0.29) is 24.1 Å². The normalized spacial score (nSPS) is 11.0. The summed E-state index contributed by atoms with van der Waals surface area (Å²) in [6.07, 6.45) is 4.34. The number of para-hydroxylation sites is 1. The Hall–Kier alpha value is -4.47. The lowest BCUT2D eigenvalue weighted by Gasteiger charge is -2.21. The van der Waals surface area contributed by atoms with E-state index in [1.165, 1.54) is 17.2 Å². The average molecular weight is 621 g/mol. The first-order valence-electron chi connectivity index (χ1n) is 13.5. The number of rotatable bonds is 10. The van der Waals surface area contributed by atoms with Crippen molar-refractivity contribution in [3.05, 3.63) is 99.4 Å². The quantitative estimate of drug-likeness (QED) is 0.228. The maximum atomic E-state index is 12.9. The summed E-state index contributed by atoms with van der Waals surface area (Å²) in [6, 6.07) is 16.1. The molecule has 11 heteroatoms. The molecule has 0 unspecified atom stereocenters. The molecule has 0 saturated heterocycles. The second-order valence-electron chi connectivity index (χ2n) is 9.73. The van der Waals surface area contributed by atoms with Crippen LogP contribution in [0.4, 0.5) is 5.69 Å². The molecular formula is C32H31Cl2N5O4. The standard InChI is InChI=1S/C32H31Cl2N5O4/c1-5-38(3)32(42)25-14-10-21(17-35-25)11-16-28(40)36-18-29(41)39(4)26-15-13-24(33)23(30(26)34)19-43-27-8-6-7-22-12-9-20(2)37-31(22)27/h6-17H,5,18-19H2,1-4H3,(H,36,40). The van der Waals surface area contributed by atoms with Crippen LogP contribution in [0.3, 0.4) is 0 Å². The summed E-state index contributed by atoms with van der Waals surface area (Å²) in [4.78, 5) is 49.1. The molecule has 2 heterocycles. The minimum Gasteiger partial charge on any atom is -0.487 e. The van der Waals surface area contributed by atoms with Crippen molar-refractivity contribution in [1.82, 2.24) is 20.2 Å². The molecule has 0 aliphatic carbocycles. The summed E-state index contributed by atoms with van der Waals surface area (Å²) in [7, 11) is 3.26. The average Bonchev–Trinajstić information content (AvgIpc) is 3.01. The first kappa shape index (κ1) is 31.5. The Balaban J connectivity index is 1.37. The zero-order chi connectivity index (χ0) is 31.1. The predicted octanol–water partition coefficient (Wildman–Crippen LogP) is 5.71. The highest BCUT2D eigenvalue weighted by Crippen LogP contribution is 2.35. The van der Waals surface area contributed by atoms with Crippen molar-refractivity contribution in [2.75, 3.05) is 32.1 Å². The van der Waals surface area contributed by atoms with E-state index in [2.05, 4.69) is 15.3 Å². The number of pyridine rings is 2. The number of amides is 3. The lowest BCUT2D eigenvalue weighted by molar-refractivity contribution is -0.122. The van der Waals surface area contributed by atoms with Gasteiger partial charge in [0.25, 0.3) is 5.91 Å². The van der Waals surface area contributed by atoms with Crippen LogP contribution in [0.15, 0.2) is 66.9 Å². The van der Waals surface area contributed by atoms with Gasteiger partial charge in [-0.1, -0.05) is 47.5 Å². The number of hydrogen-bond donors (Lipinski definition) is 1. The Kier molecular flexibility index (Phi) is 10.3. The Labute approximate surface area is 260 Å². The first-order valence-corrected chi connectivity index (χ1v) is 14.2. The number of aromatic nitrogens is 2. The molecule has 1 N–H and O–H groups in total. The largest absolute Gasteiger partial charge is 0.487 e. The van der Waals surface area contributed by atoms with Crippen molar-refractivity contribution in [2.24, 2.45) is 0 Å². The fourth-order valence-electron chi connectivity index (χ4n) is 4.08. The summed E-state index contributed by atoms with van der Waals surface area (Å²) >= 11 is 13.2. The third-order valence-corrected chi connectivity index (χ3v) is 7.54. The fraction of sp³-hybridized carbons (Fsp3) is 0.219. The first-order chi connectivity index (χ1) is 20.6. The van der Waals surface area contributed by atoms with Crippen molar-refractivity contribution in [2.45, 2.75) is 20.5 Å². The molecule has 2 aromatic carbocycles. The molecule has 0 radical (unpaired) electrons. The van der Waals surface area contributed by atoms with Crippen LogP contribution in [0, 0.1) is 6.92 Å². The van der Waals surface area contributed by atoms with E-state index in [0.717, 1.165) is 16.6 Å². The van der Waals surface area contributed by atoms with Crippen LogP contribution in [0.1, 0.15) is 34.2 Å².